The summed E-state index contributed by atoms with van der Waals surface area (Å²) in [6, 6.07) is 4.92. The Morgan fingerprint density at radius 3 is 2.25 bits per heavy atom. The van der Waals surface area contributed by atoms with Crippen LogP contribution in [-0.4, -0.2) is 15.0 Å². The van der Waals surface area contributed by atoms with Crippen molar-refractivity contribution in [2.45, 2.75) is 49.8 Å². The van der Waals surface area contributed by atoms with Crippen LogP contribution in [0, 0.1) is 11.7 Å². The van der Waals surface area contributed by atoms with Crippen molar-refractivity contribution in [2.75, 3.05) is 6.54 Å². The average molecular weight is 299 g/mol. The SMILES string of the molecule is O=S(=O)(NCCC1CCCCCC1)c1ccc(F)cc1. The Labute approximate surface area is 120 Å². The summed E-state index contributed by atoms with van der Waals surface area (Å²) in [6.45, 7) is 0.463. The van der Waals surface area contributed by atoms with E-state index in [2.05, 4.69) is 4.72 Å². The van der Waals surface area contributed by atoms with Crippen molar-refractivity contribution < 1.29 is 12.8 Å². The number of rotatable bonds is 5. The summed E-state index contributed by atoms with van der Waals surface area (Å²) in [4.78, 5) is 0.125. The molecule has 2 rings (SSSR count). The highest BCUT2D eigenvalue weighted by Gasteiger charge is 2.16. The molecule has 1 aliphatic rings. The van der Waals surface area contributed by atoms with Gasteiger partial charge in [0.05, 0.1) is 4.90 Å². The molecule has 0 aliphatic heterocycles. The Hall–Kier alpha value is -0.940. The molecule has 0 radical (unpaired) electrons. The molecule has 1 saturated carbocycles. The van der Waals surface area contributed by atoms with Crippen LogP contribution < -0.4 is 4.72 Å². The first-order valence-electron chi connectivity index (χ1n) is 7.33. The summed E-state index contributed by atoms with van der Waals surface area (Å²) in [6.07, 6.45) is 8.43. The largest absolute Gasteiger partial charge is 0.240 e. The molecule has 0 atom stereocenters. The van der Waals surface area contributed by atoms with Crippen LogP contribution in [0.15, 0.2) is 29.2 Å². The van der Waals surface area contributed by atoms with Crippen molar-refractivity contribution in [1.29, 1.82) is 0 Å². The lowest BCUT2D eigenvalue weighted by molar-refractivity contribution is 0.427. The molecule has 1 aliphatic carbocycles. The Morgan fingerprint density at radius 1 is 1.05 bits per heavy atom. The van der Waals surface area contributed by atoms with Crippen molar-refractivity contribution in [3.05, 3.63) is 30.1 Å². The van der Waals surface area contributed by atoms with Crippen LogP contribution in [0.25, 0.3) is 0 Å². The zero-order chi connectivity index (χ0) is 14.4. The zero-order valence-corrected chi connectivity index (χ0v) is 12.5. The lowest BCUT2D eigenvalue weighted by Gasteiger charge is -2.14. The Balaban J connectivity index is 1.84. The molecule has 1 aromatic rings. The molecule has 20 heavy (non-hydrogen) atoms. The standard InChI is InChI=1S/C15H22FNO2S/c16-14-7-9-15(10-8-14)20(18,19)17-12-11-13-5-3-1-2-4-6-13/h7-10,13,17H,1-6,11-12H2. The lowest BCUT2D eigenvalue weighted by atomic mass is 9.97. The van der Waals surface area contributed by atoms with E-state index in [9.17, 15) is 12.8 Å². The van der Waals surface area contributed by atoms with Crippen LogP contribution >= 0.6 is 0 Å². The van der Waals surface area contributed by atoms with Gasteiger partial charge in [0.15, 0.2) is 0 Å². The molecule has 5 heteroatoms. The van der Waals surface area contributed by atoms with E-state index in [-0.39, 0.29) is 4.90 Å². The number of sulfonamides is 1. The van der Waals surface area contributed by atoms with Crippen LogP contribution in [0.4, 0.5) is 4.39 Å². The highest BCUT2D eigenvalue weighted by atomic mass is 32.2. The van der Waals surface area contributed by atoms with Crippen molar-refractivity contribution in [1.82, 2.24) is 4.72 Å². The summed E-state index contributed by atoms with van der Waals surface area (Å²) in [5, 5.41) is 0. The van der Waals surface area contributed by atoms with E-state index in [0.29, 0.717) is 12.5 Å². The third kappa shape index (κ3) is 4.56. The molecule has 0 unspecified atom stereocenters. The quantitative estimate of drug-likeness (QED) is 0.846. The molecule has 0 amide bonds. The van der Waals surface area contributed by atoms with Gasteiger partial charge in [0.2, 0.25) is 10.0 Å². The van der Waals surface area contributed by atoms with E-state index in [0.717, 1.165) is 6.42 Å². The maximum absolute atomic E-state index is 12.8. The first kappa shape index (κ1) is 15.4. The minimum Gasteiger partial charge on any atom is -0.211 e. The maximum atomic E-state index is 12.8. The minimum atomic E-state index is -3.50. The van der Waals surface area contributed by atoms with Gasteiger partial charge >= 0.3 is 0 Å². The molecule has 0 aromatic heterocycles. The predicted octanol–water partition coefficient (Wildman–Crippen LogP) is 3.46. The van der Waals surface area contributed by atoms with Crippen LogP contribution in [0.3, 0.4) is 0 Å². The Bertz CT molecular complexity index is 505. The molecule has 1 aromatic carbocycles. The molecule has 112 valence electrons. The molecule has 0 heterocycles. The molecule has 3 nitrogen and oxygen atoms in total. The second kappa shape index (κ2) is 7.18. The number of benzene rings is 1. The van der Waals surface area contributed by atoms with Gasteiger partial charge in [0, 0.05) is 6.54 Å². The Kier molecular flexibility index (Phi) is 5.54. The van der Waals surface area contributed by atoms with Crippen LogP contribution in [0.5, 0.6) is 0 Å². The number of halogens is 1. The second-order valence-electron chi connectivity index (χ2n) is 5.50. The smallest absolute Gasteiger partial charge is 0.211 e. The second-order valence-corrected chi connectivity index (χ2v) is 7.26. The van der Waals surface area contributed by atoms with E-state index in [1.54, 1.807) is 0 Å². The normalized spacial score (nSPS) is 17.9. The fraction of sp³-hybridized carbons (Fsp3) is 0.600. The van der Waals surface area contributed by atoms with Gasteiger partial charge in [0.1, 0.15) is 5.82 Å². The van der Waals surface area contributed by atoms with Crippen molar-refractivity contribution in [2.24, 2.45) is 5.92 Å². The van der Waals surface area contributed by atoms with E-state index >= 15 is 0 Å². The topological polar surface area (TPSA) is 46.2 Å². The fourth-order valence-corrected chi connectivity index (χ4v) is 3.79. The summed E-state index contributed by atoms with van der Waals surface area (Å²) in [7, 11) is -3.50. The van der Waals surface area contributed by atoms with Gasteiger partial charge in [-0.05, 0) is 36.6 Å². The van der Waals surface area contributed by atoms with Crippen molar-refractivity contribution in [3.63, 3.8) is 0 Å². The van der Waals surface area contributed by atoms with Crippen LogP contribution in [0.2, 0.25) is 0 Å². The van der Waals surface area contributed by atoms with Gasteiger partial charge in [0.25, 0.3) is 0 Å². The van der Waals surface area contributed by atoms with Gasteiger partial charge < -0.3 is 0 Å². The van der Waals surface area contributed by atoms with Crippen molar-refractivity contribution in [3.8, 4) is 0 Å². The van der Waals surface area contributed by atoms with E-state index in [1.165, 1.54) is 62.8 Å². The van der Waals surface area contributed by atoms with Gasteiger partial charge in [-0.25, -0.2) is 17.5 Å². The highest BCUT2D eigenvalue weighted by Crippen LogP contribution is 2.25. The zero-order valence-electron chi connectivity index (χ0n) is 11.6. The molecule has 0 spiro atoms. The molecule has 1 N–H and O–H groups in total. The monoisotopic (exact) mass is 299 g/mol. The minimum absolute atomic E-state index is 0.125. The number of hydrogen-bond acceptors (Lipinski definition) is 2. The van der Waals surface area contributed by atoms with Crippen LogP contribution in [0.1, 0.15) is 44.9 Å². The molecule has 1 fully saturated rings. The first-order chi connectivity index (χ1) is 9.58. The van der Waals surface area contributed by atoms with Crippen LogP contribution in [-0.2, 0) is 10.0 Å². The summed E-state index contributed by atoms with van der Waals surface area (Å²) in [5.41, 5.74) is 0. The highest BCUT2D eigenvalue weighted by molar-refractivity contribution is 7.89. The van der Waals surface area contributed by atoms with E-state index in [4.69, 9.17) is 0 Å². The molecular formula is C15H22FNO2S. The summed E-state index contributed by atoms with van der Waals surface area (Å²) < 4.78 is 39.4. The van der Waals surface area contributed by atoms with Gasteiger partial charge in [-0.2, -0.15) is 0 Å². The average Bonchev–Trinajstić information content (AvgIpc) is 2.68. The third-order valence-electron chi connectivity index (χ3n) is 3.94. The predicted molar refractivity (Wildman–Crippen MR) is 77.4 cm³/mol. The summed E-state index contributed by atoms with van der Waals surface area (Å²) in [5.74, 6) is 0.204. The van der Waals surface area contributed by atoms with Gasteiger partial charge in [-0.15, -0.1) is 0 Å². The number of hydrogen-bond donors (Lipinski definition) is 1. The molecular weight excluding hydrogens is 277 g/mol. The van der Waals surface area contributed by atoms with Gasteiger partial charge in [-0.3, -0.25) is 0 Å². The summed E-state index contributed by atoms with van der Waals surface area (Å²) >= 11 is 0. The number of nitrogens with one attached hydrogen (secondary N) is 1. The maximum Gasteiger partial charge on any atom is 0.240 e. The first-order valence-corrected chi connectivity index (χ1v) is 8.81. The van der Waals surface area contributed by atoms with Gasteiger partial charge in [-0.1, -0.05) is 38.5 Å². The van der Waals surface area contributed by atoms with E-state index in [1.807, 2.05) is 0 Å². The molecule has 0 saturated heterocycles. The third-order valence-corrected chi connectivity index (χ3v) is 5.42. The van der Waals surface area contributed by atoms with Crippen molar-refractivity contribution >= 4 is 10.0 Å². The fourth-order valence-electron chi connectivity index (χ4n) is 2.75. The van der Waals surface area contributed by atoms with E-state index < -0.39 is 15.8 Å². The lowest BCUT2D eigenvalue weighted by Crippen LogP contribution is -2.26. The molecule has 0 bridgehead atoms. The Morgan fingerprint density at radius 2 is 1.65 bits per heavy atom.